The van der Waals surface area contributed by atoms with Crippen molar-refractivity contribution >= 4 is 55.5 Å². The first-order valence-corrected chi connectivity index (χ1v) is 17.9. The van der Waals surface area contributed by atoms with Gasteiger partial charge in [-0.1, -0.05) is 104 Å². The number of hydrogen-bond acceptors (Lipinski definition) is 6. The van der Waals surface area contributed by atoms with Crippen LogP contribution in [0.15, 0.2) is 71.4 Å². The van der Waals surface area contributed by atoms with Gasteiger partial charge in [-0.3, -0.25) is 9.79 Å². The van der Waals surface area contributed by atoms with Gasteiger partial charge >= 0.3 is 0 Å². The van der Waals surface area contributed by atoms with Crippen molar-refractivity contribution in [3.63, 3.8) is 0 Å². The highest BCUT2D eigenvalue weighted by Crippen LogP contribution is 2.48. The van der Waals surface area contributed by atoms with Gasteiger partial charge in [0, 0.05) is 32.9 Å². The lowest BCUT2D eigenvalue weighted by atomic mass is 9.79. The number of aliphatic hydroxyl groups excluding tert-OH is 1. The van der Waals surface area contributed by atoms with Crippen molar-refractivity contribution in [2.24, 2.45) is 28.7 Å². The van der Waals surface area contributed by atoms with E-state index in [4.69, 9.17) is 4.99 Å². The van der Waals surface area contributed by atoms with Crippen LogP contribution in [-0.4, -0.2) is 22.2 Å². The standard InChI is InChI=1S/C42H50N4O2/c1-23(2)19-41(20-24(3)4)43-31-13-9-11-27-15-17-29(37(45-41)33(27)31)35-39(47)36(40(35)48)30-18-16-28-12-10-14-32-34(28)38(30)46-42(44-32,21-25(5)6)22-26(7)8/h9-18,23-26,43-45,47H,19-22H2,1-8H3/b36-30-. The first-order valence-electron chi connectivity index (χ1n) is 17.9. The molecule has 0 amide bonds. The van der Waals surface area contributed by atoms with E-state index in [1.807, 2.05) is 18.2 Å². The number of hydrogen-bond donors (Lipinski definition) is 4. The molecule has 2 heterocycles. The molecule has 0 unspecified atom stereocenters. The van der Waals surface area contributed by atoms with Crippen LogP contribution in [0.5, 0.6) is 0 Å². The minimum Gasteiger partial charge on any atom is -0.506 e. The largest absolute Gasteiger partial charge is 0.506 e. The molecule has 0 atom stereocenters. The molecule has 7 rings (SSSR count). The van der Waals surface area contributed by atoms with Crippen molar-refractivity contribution in [1.82, 2.24) is 0 Å². The van der Waals surface area contributed by atoms with Crippen molar-refractivity contribution in [1.29, 1.82) is 0 Å². The van der Waals surface area contributed by atoms with Crippen molar-refractivity contribution in [2.75, 3.05) is 16.0 Å². The van der Waals surface area contributed by atoms with Crippen LogP contribution in [0.1, 0.15) is 86.6 Å². The maximum absolute atomic E-state index is 14.5. The second kappa shape index (κ2) is 11.7. The summed E-state index contributed by atoms with van der Waals surface area (Å²) in [5.74, 6) is 1.63. The Hall–Kier alpha value is -4.32. The van der Waals surface area contributed by atoms with E-state index in [1.54, 1.807) is 0 Å². The molecule has 0 radical (unpaired) electrons. The number of rotatable bonds is 9. The van der Waals surface area contributed by atoms with Crippen LogP contribution in [-0.2, 0) is 4.79 Å². The molecule has 0 spiro atoms. The summed E-state index contributed by atoms with van der Waals surface area (Å²) in [6.45, 7) is 17.9. The lowest BCUT2D eigenvalue weighted by molar-refractivity contribution is -0.109. The second-order valence-corrected chi connectivity index (χ2v) is 16.2. The highest BCUT2D eigenvalue weighted by atomic mass is 16.3. The van der Waals surface area contributed by atoms with Crippen LogP contribution < -0.4 is 26.5 Å². The minimum atomic E-state index is -0.499. The van der Waals surface area contributed by atoms with Crippen molar-refractivity contribution < 1.29 is 9.90 Å². The SMILES string of the molecule is CC(C)CC1(CC(C)C)N=c2/c(=C3\C(=O)C(c4ccc5cccc6c5c4NC(CC(C)C)(CC(C)C)N6)=C3O)ccc3cccc(c23)N1. The highest BCUT2D eigenvalue weighted by molar-refractivity contribution is 6.52. The third-order valence-corrected chi connectivity index (χ3v) is 9.97. The fourth-order valence-corrected chi connectivity index (χ4v) is 8.84. The zero-order valence-corrected chi connectivity index (χ0v) is 29.7. The minimum absolute atomic E-state index is 0.0480. The van der Waals surface area contributed by atoms with Gasteiger partial charge in [-0.05, 0) is 72.3 Å². The molecule has 0 aromatic heterocycles. The number of nitrogens with zero attached hydrogens (tertiary/aromatic N) is 1. The van der Waals surface area contributed by atoms with Gasteiger partial charge in [0.05, 0.1) is 22.2 Å². The number of nitrogens with one attached hydrogen (secondary N) is 3. The number of carbonyl (C=O) groups is 1. The molecule has 2 aliphatic heterocycles. The van der Waals surface area contributed by atoms with Crippen molar-refractivity contribution in [2.45, 2.75) is 92.4 Å². The van der Waals surface area contributed by atoms with Crippen LogP contribution in [0, 0.1) is 23.7 Å². The van der Waals surface area contributed by atoms with E-state index in [9.17, 15) is 9.90 Å². The van der Waals surface area contributed by atoms with E-state index in [-0.39, 0.29) is 17.2 Å². The van der Waals surface area contributed by atoms with Gasteiger partial charge in [-0.2, -0.15) is 0 Å². The molecule has 1 aliphatic carbocycles. The van der Waals surface area contributed by atoms with Crippen LogP contribution in [0.2, 0.25) is 0 Å². The van der Waals surface area contributed by atoms with E-state index in [2.05, 4.69) is 114 Å². The molecular formula is C42H50N4O2. The summed E-state index contributed by atoms with van der Waals surface area (Å²) in [7, 11) is 0. The van der Waals surface area contributed by atoms with Crippen LogP contribution in [0.25, 0.3) is 32.7 Å². The van der Waals surface area contributed by atoms with Gasteiger partial charge in [0.25, 0.3) is 0 Å². The fraction of sp³-hybridized carbons (Fsp3) is 0.429. The van der Waals surface area contributed by atoms with E-state index in [0.29, 0.717) is 40.0 Å². The molecule has 4 aromatic carbocycles. The molecule has 0 bridgehead atoms. The smallest absolute Gasteiger partial charge is 0.201 e. The van der Waals surface area contributed by atoms with Gasteiger partial charge in [-0.25, -0.2) is 0 Å². The maximum atomic E-state index is 14.5. The molecule has 3 aliphatic rings. The molecule has 6 nitrogen and oxygen atoms in total. The Labute approximate surface area is 284 Å². The zero-order chi connectivity index (χ0) is 34.1. The number of ketones is 1. The molecule has 4 N–H and O–H groups in total. The first kappa shape index (κ1) is 32.2. The fourth-order valence-electron chi connectivity index (χ4n) is 8.84. The van der Waals surface area contributed by atoms with Gasteiger partial charge in [0.1, 0.15) is 17.1 Å². The molecule has 0 saturated carbocycles. The van der Waals surface area contributed by atoms with E-state index < -0.39 is 5.66 Å². The Morgan fingerprint density at radius 3 is 1.79 bits per heavy atom. The summed E-state index contributed by atoms with van der Waals surface area (Å²) < 4.78 is 0. The molecular weight excluding hydrogens is 592 g/mol. The lowest BCUT2D eigenvalue weighted by Crippen LogP contribution is -2.50. The second-order valence-electron chi connectivity index (χ2n) is 16.2. The van der Waals surface area contributed by atoms with Gasteiger partial charge in [0.2, 0.25) is 5.78 Å². The van der Waals surface area contributed by atoms with E-state index in [1.165, 1.54) is 0 Å². The van der Waals surface area contributed by atoms with Crippen LogP contribution in [0.4, 0.5) is 17.1 Å². The topological polar surface area (TPSA) is 85.8 Å². The summed E-state index contributed by atoms with van der Waals surface area (Å²) in [5, 5.41) is 29.3. The van der Waals surface area contributed by atoms with Crippen LogP contribution >= 0.6 is 0 Å². The summed E-state index contributed by atoms with van der Waals surface area (Å²) >= 11 is 0. The molecule has 0 saturated heterocycles. The Kier molecular flexibility index (Phi) is 7.84. The normalized spacial score (nSPS) is 18.7. The number of aliphatic hydroxyl groups is 1. The van der Waals surface area contributed by atoms with Gasteiger partial charge < -0.3 is 21.1 Å². The summed E-state index contributed by atoms with van der Waals surface area (Å²) in [6.07, 6.45) is 3.56. The van der Waals surface area contributed by atoms with Crippen LogP contribution in [0.3, 0.4) is 0 Å². The highest BCUT2D eigenvalue weighted by Gasteiger charge is 2.42. The number of Topliss-reactive ketones (excluding diaryl/α,β-unsaturated/α-hetero) is 1. The van der Waals surface area contributed by atoms with E-state index in [0.717, 1.165) is 75.2 Å². The number of allylic oxidation sites excluding steroid dienone is 2. The van der Waals surface area contributed by atoms with E-state index >= 15 is 0 Å². The predicted octanol–water partition coefficient (Wildman–Crippen LogP) is 9.16. The van der Waals surface area contributed by atoms with Crippen molar-refractivity contribution in [3.8, 4) is 0 Å². The Morgan fingerprint density at radius 1 is 0.646 bits per heavy atom. The molecule has 4 aromatic rings. The average Bonchev–Trinajstić information content (AvgIpc) is 2.98. The average molecular weight is 643 g/mol. The number of anilines is 3. The number of benzene rings is 4. The quantitative estimate of drug-likeness (QED) is 0.146. The third-order valence-electron chi connectivity index (χ3n) is 9.97. The van der Waals surface area contributed by atoms with Gasteiger partial charge in [-0.15, -0.1) is 0 Å². The van der Waals surface area contributed by atoms with Gasteiger partial charge in [0.15, 0.2) is 0 Å². The molecule has 48 heavy (non-hydrogen) atoms. The molecule has 0 fully saturated rings. The Morgan fingerprint density at radius 2 is 1.21 bits per heavy atom. The maximum Gasteiger partial charge on any atom is 0.201 e. The number of carbonyl (C=O) groups excluding carboxylic acids is 1. The summed E-state index contributed by atoms with van der Waals surface area (Å²) in [5.41, 5.74) is 3.62. The Bertz CT molecular complexity index is 2100. The van der Waals surface area contributed by atoms with Crippen molar-refractivity contribution in [3.05, 3.63) is 82.6 Å². The monoisotopic (exact) mass is 642 g/mol. The Balaban J connectivity index is 1.46. The first-order chi connectivity index (χ1) is 22.8. The third kappa shape index (κ3) is 5.34. The predicted molar refractivity (Wildman–Crippen MR) is 201 cm³/mol. The molecule has 6 heteroatoms. The lowest BCUT2D eigenvalue weighted by Gasteiger charge is -2.45. The summed E-state index contributed by atoms with van der Waals surface area (Å²) in [6, 6.07) is 20.7. The summed E-state index contributed by atoms with van der Waals surface area (Å²) in [4.78, 5) is 19.9. The zero-order valence-electron chi connectivity index (χ0n) is 29.7. The molecule has 250 valence electrons.